The lowest BCUT2D eigenvalue weighted by Crippen LogP contribution is -2.37. The minimum atomic E-state index is 0.597. The van der Waals surface area contributed by atoms with Crippen molar-refractivity contribution < 1.29 is 0 Å². The summed E-state index contributed by atoms with van der Waals surface area (Å²) in [6, 6.07) is 2.05. The van der Waals surface area contributed by atoms with E-state index in [4.69, 9.17) is 12.2 Å². The Balaban J connectivity index is 1.64. The van der Waals surface area contributed by atoms with E-state index in [9.17, 15) is 0 Å². The second kappa shape index (κ2) is 4.31. The molecule has 2 atom stereocenters. The number of hydrogen-bond acceptors (Lipinski definition) is 4. The first kappa shape index (κ1) is 11.9. The van der Waals surface area contributed by atoms with Gasteiger partial charge in [-0.25, -0.2) is 5.10 Å². The van der Waals surface area contributed by atoms with Gasteiger partial charge in [-0.15, -0.1) is 5.10 Å². The molecule has 1 saturated carbocycles. The average Bonchev–Trinajstić information content (AvgIpc) is 3.07. The molecule has 4 rings (SSSR count). The first-order valence-corrected chi connectivity index (χ1v) is 7.78. The monoisotopic (exact) mass is 279 g/mol. The van der Waals surface area contributed by atoms with Gasteiger partial charge in [0, 0.05) is 31.2 Å². The first-order chi connectivity index (χ1) is 9.24. The average molecular weight is 279 g/mol. The topological polar surface area (TPSA) is 40.1 Å². The summed E-state index contributed by atoms with van der Waals surface area (Å²) < 4.78 is 3.04. The Morgan fingerprint density at radius 2 is 1.84 bits per heavy atom. The Morgan fingerprint density at radius 3 is 2.63 bits per heavy atom. The number of aromatic amines is 1. The third-order valence-corrected chi connectivity index (χ3v) is 5.32. The molecule has 104 valence electrons. The molecule has 3 heterocycles. The maximum Gasteiger partial charge on any atom is 0.226 e. The van der Waals surface area contributed by atoms with Gasteiger partial charge in [0.25, 0.3) is 0 Å². The molecule has 0 radical (unpaired) electrons. The molecule has 2 bridgehead atoms. The van der Waals surface area contributed by atoms with Crippen LogP contribution in [0, 0.1) is 4.77 Å². The van der Waals surface area contributed by atoms with Crippen molar-refractivity contribution in [1.29, 1.82) is 0 Å². The van der Waals surface area contributed by atoms with E-state index in [0.29, 0.717) is 12.1 Å². The zero-order valence-corrected chi connectivity index (χ0v) is 12.2. The lowest BCUT2D eigenvalue weighted by molar-refractivity contribution is 0.254. The highest BCUT2D eigenvalue weighted by Crippen LogP contribution is 2.39. The van der Waals surface area contributed by atoms with Gasteiger partial charge in [0.05, 0.1) is 0 Å². The van der Waals surface area contributed by atoms with E-state index in [1.807, 2.05) is 0 Å². The Bertz CT molecular complexity index is 531. The predicted octanol–water partition coefficient (Wildman–Crippen LogP) is 1.95. The van der Waals surface area contributed by atoms with Crippen LogP contribution in [0.15, 0.2) is 0 Å². The molecule has 6 heteroatoms. The van der Waals surface area contributed by atoms with E-state index >= 15 is 0 Å². The van der Waals surface area contributed by atoms with Gasteiger partial charge in [-0.1, -0.05) is 0 Å². The van der Waals surface area contributed by atoms with Crippen molar-refractivity contribution in [3.05, 3.63) is 4.77 Å². The molecule has 1 aliphatic carbocycles. The first-order valence-electron chi connectivity index (χ1n) is 7.38. The van der Waals surface area contributed by atoms with Crippen molar-refractivity contribution >= 4 is 18.2 Å². The van der Waals surface area contributed by atoms with Crippen LogP contribution in [-0.2, 0) is 0 Å². The fourth-order valence-corrected chi connectivity index (χ4v) is 3.95. The van der Waals surface area contributed by atoms with Gasteiger partial charge in [0.1, 0.15) is 0 Å². The quantitative estimate of drug-likeness (QED) is 0.840. The summed E-state index contributed by atoms with van der Waals surface area (Å²) in [4.78, 5) is 5.02. The van der Waals surface area contributed by atoms with Crippen LogP contribution >= 0.6 is 12.2 Å². The van der Waals surface area contributed by atoms with E-state index in [1.165, 1.54) is 32.1 Å². The number of aromatic nitrogens is 3. The van der Waals surface area contributed by atoms with Crippen molar-refractivity contribution in [2.75, 3.05) is 25.0 Å². The lowest BCUT2D eigenvalue weighted by Gasteiger charge is -2.26. The molecule has 1 N–H and O–H groups in total. The minimum absolute atomic E-state index is 0.597. The number of H-pyrrole nitrogens is 1. The summed E-state index contributed by atoms with van der Waals surface area (Å²) in [7, 11) is 2.28. The molecule has 2 unspecified atom stereocenters. The fraction of sp³-hybridized carbons (Fsp3) is 0.846. The molecule has 1 aromatic rings. The van der Waals surface area contributed by atoms with Crippen LogP contribution in [0.2, 0.25) is 0 Å². The molecule has 3 aliphatic rings. The Kier molecular flexibility index (Phi) is 2.70. The standard InChI is InChI=1S/C13H21N5S/c1-16-9-2-5-11(16)8-17(7-6-9)12-14-15-13(19)18(12)10-3-4-10/h9-11H,2-8H2,1H3,(H,15,19). The zero-order valence-electron chi connectivity index (χ0n) is 11.4. The van der Waals surface area contributed by atoms with Crippen LogP contribution in [0.5, 0.6) is 0 Å². The van der Waals surface area contributed by atoms with E-state index in [-0.39, 0.29) is 0 Å². The Labute approximate surface area is 118 Å². The van der Waals surface area contributed by atoms with Crippen molar-refractivity contribution in [3.63, 3.8) is 0 Å². The van der Waals surface area contributed by atoms with Crippen LogP contribution in [0.4, 0.5) is 5.95 Å². The third-order valence-electron chi connectivity index (χ3n) is 5.03. The zero-order chi connectivity index (χ0) is 13.0. The molecule has 2 saturated heterocycles. The van der Waals surface area contributed by atoms with Crippen molar-refractivity contribution in [3.8, 4) is 0 Å². The number of fused-ring (bicyclic) bond motifs is 2. The van der Waals surface area contributed by atoms with Gasteiger partial charge < -0.3 is 4.90 Å². The molecule has 0 aromatic carbocycles. The maximum atomic E-state index is 5.39. The number of anilines is 1. The summed E-state index contributed by atoms with van der Waals surface area (Å²) in [6.07, 6.45) is 6.44. The summed E-state index contributed by atoms with van der Waals surface area (Å²) >= 11 is 5.39. The molecular weight excluding hydrogens is 258 g/mol. The molecule has 19 heavy (non-hydrogen) atoms. The van der Waals surface area contributed by atoms with E-state index < -0.39 is 0 Å². The van der Waals surface area contributed by atoms with Crippen LogP contribution in [0.25, 0.3) is 0 Å². The maximum absolute atomic E-state index is 5.39. The van der Waals surface area contributed by atoms with Crippen LogP contribution in [-0.4, -0.2) is 51.9 Å². The van der Waals surface area contributed by atoms with E-state index in [1.54, 1.807) is 0 Å². The van der Waals surface area contributed by atoms with Crippen LogP contribution < -0.4 is 4.90 Å². The van der Waals surface area contributed by atoms with Gasteiger partial charge in [-0.2, -0.15) is 0 Å². The third kappa shape index (κ3) is 1.92. The smallest absolute Gasteiger partial charge is 0.226 e. The number of rotatable bonds is 2. The second-order valence-corrected chi connectivity index (χ2v) is 6.60. The van der Waals surface area contributed by atoms with Crippen molar-refractivity contribution in [1.82, 2.24) is 19.7 Å². The molecular formula is C13H21N5S. The molecule has 5 nitrogen and oxygen atoms in total. The number of nitrogens with one attached hydrogen (secondary N) is 1. The number of likely N-dealkylation sites (N-methyl/N-ethyl adjacent to an activating group) is 1. The minimum Gasteiger partial charge on any atom is -0.339 e. The largest absolute Gasteiger partial charge is 0.339 e. The predicted molar refractivity (Wildman–Crippen MR) is 77.1 cm³/mol. The highest BCUT2D eigenvalue weighted by molar-refractivity contribution is 7.71. The highest BCUT2D eigenvalue weighted by atomic mass is 32.1. The summed E-state index contributed by atoms with van der Waals surface area (Å²) in [5, 5.41) is 7.50. The highest BCUT2D eigenvalue weighted by Gasteiger charge is 2.37. The fourth-order valence-electron chi connectivity index (χ4n) is 3.67. The van der Waals surface area contributed by atoms with E-state index in [2.05, 4.69) is 31.6 Å². The van der Waals surface area contributed by atoms with Crippen molar-refractivity contribution in [2.45, 2.75) is 50.2 Å². The molecule has 2 aliphatic heterocycles. The molecule has 0 spiro atoms. The summed E-state index contributed by atoms with van der Waals surface area (Å²) in [5.41, 5.74) is 0. The molecule has 3 fully saturated rings. The Hall–Kier alpha value is -0.880. The van der Waals surface area contributed by atoms with Crippen LogP contribution in [0.3, 0.4) is 0 Å². The lowest BCUT2D eigenvalue weighted by atomic mass is 10.1. The number of hydrogen-bond donors (Lipinski definition) is 1. The Morgan fingerprint density at radius 1 is 1.11 bits per heavy atom. The van der Waals surface area contributed by atoms with Gasteiger partial charge in [0.2, 0.25) is 5.95 Å². The van der Waals surface area contributed by atoms with E-state index in [0.717, 1.165) is 29.9 Å². The summed E-state index contributed by atoms with van der Waals surface area (Å²) in [5.74, 6) is 1.08. The molecule has 0 amide bonds. The second-order valence-electron chi connectivity index (χ2n) is 6.22. The number of nitrogens with zero attached hydrogens (tertiary/aromatic N) is 4. The van der Waals surface area contributed by atoms with Gasteiger partial charge in [-0.05, 0) is 51.4 Å². The van der Waals surface area contributed by atoms with Gasteiger partial charge in [-0.3, -0.25) is 9.47 Å². The normalized spacial score (nSPS) is 31.7. The van der Waals surface area contributed by atoms with Gasteiger partial charge in [0.15, 0.2) is 4.77 Å². The van der Waals surface area contributed by atoms with Crippen LogP contribution in [0.1, 0.15) is 38.1 Å². The molecule has 1 aromatic heterocycles. The SMILES string of the molecule is CN1C2CCC1CN(c1n[nH]c(=S)n1C1CC1)CC2. The van der Waals surface area contributed by atoms with Gasteiger partial charge >= 0.3 is 0 Å². The summed E-state index contributed by atoms with van der Waals surface area (Å²) in [6.45, 7) is 2.21. The van der Waals surface area contributed by atoms with Crippen molar-refractivity contribution in [2.24, 2.45) is 0 Å².